The Morgan fingerprint density at radius 1 is 1.50 bits per heavy atom. The summed E-state index contributed by atoms with van der Waals surface area (Å²) in [4.78, 5) is 0. The first-order valence-corrected chi connectivity index (χ1v) is 4.73. The first kappa shape index (κ1) is 11.5. The van der Waals surface area contributed by atoms with Gasteiger partial charge in [0.15, 0.2) is 0 Å². The maximum Gasteiger partial charge on any atom is 0.00905 e. The Labute approximate surface area is 76.7 Å². The summed E-state index contributed by atoms with van der Waals surface area (Å²) >= 11 is 0. The Kier molecular flexibility index (Phi) is 5.01. The lowest BCUT2D eigenvalue weighted by Gasteiger charge is -2.30. The van der Waals surface area contributed by atoms with E-state index in [0.717, 1.165) is 25.7 Å². The number of unbranched alkanes of at least 4 members (excludes halogenated alkanes) is 1. The van der Waals surface area contributed by atoms with Crippen LogP contribution in [-0.2, 0) is 0 Å². The Bertz CT molecular complexity index is 153. The van der Waals surface area contributed by atoms with Gasteiger partial charge >= 0.3 is 0 Å². The lowest BCUT2D eigenvalue weighted by atomic mass is 9.80. The predicted octanol–water partition coefficient (Wildman–Crippen LogP) is 2.55. The Balaban J connectivity index is 3.72. The van der Waals surface area contributed by atoms with Crippen LogP contribution in [0.15, 0.2) is 0 Å². The maximum absolute atomic E-state index is 6.03. The minimum Gasteiger partial charge on any atom is -0.327 e. The van der Waals surface area contributed by atoms with Gasteiger partial charge < -0.3 is 5.73 Å². The van der Waals surface area contributed by atoms with E-state index in [-0.39, 0.29) is 11.5 Å². The van der Waals surface area contributed by atoms with E-state index >= 15 is 0 Å². The Morgan fingerprint density at radius 2 is 2.08 bits per heavy atom. The fourth-order valence-corrected chi connectivity index (χ4v) is 1.08. The highest BCUT2D eigenvalue weighted by atomic mass is 14.7. The molecule has 0 spiro atoms. The highest BCUT2D eigenvalue weighted by Crippen LogP contribution is 2.26. The summed E-state index contributed by atoms with van der Waals surface area (Å²) < 4.78 is 0. The molecule has 0 aromatic heterocycles. The van der Waals surface area contributed by atoms with Crippen molar-refractivity contribution in [2.75, 3.05) is 0 Å². The predicted molar refractivity (Wildman–Crippen MR) is 54.7 cm³/mol. The van der Waals surface area contributed by atoms with E-state index in [2.05, 4.69) is 26.7 Å². The molecule has 0 aliphatic rings. The second-order valence-electron chi connectivity index (χ2n) is 4.04. The summed E-state index contributed by atoms with van der Waals surface area (Å²) in [6.07, 6.45) is 9.25. The number of hydrogen-bond donors (Lipinski definition) is 1. The van der Waals surface area contributed by atoms with Gasteiger partial charge in [-0.3, -0.25) is 0 Å². The fourth-order valence-electron chi connectivity index (χ4n) is 1.08. The highest BCUT2D eigenvalue weighted by Gasteiger charge is 2.23. The van der Waals surface area contributed by atoms with E-state index in [0.29, 0.717) is 0 Å². The molecule has 1 nitrogen and oxygen atoms in total. The first-order chi connectivity index (χ1) is 5.54. The van der Waals surface area contributed by atoms with Crippen molar-refractivity contribution >= 4 is 0 Å². The summed E-state index contributed by atoms with van der Waals surface area (Å²) in [5, 5.41) is 0. The van der Waals surface area contributed by atoms with Crippen LogP contribution in [0.1, 0.15) is 46.5 Å². The van der Waals surface area contributed by atoms with Gasteiger partial charge in [-0.25, -0.2) is 0 Å². The molecular weight excluding hydrogens is 146 g/mol. The van der Waals surface area contributed by atoms with E-state index in [1.54, 1.807) is 0 Å². The molecule has 0 fully saturated rings. The molecule has 70 valence electrons. The Hall–Kier alpha value is -0.480. The SMILES string of the molecule is C#CCCCC(N)C(C)(C)CC. The standard InChI is InChI=1S/C11H21N/c1-5-7-8-9-10(12)11(3,4)6-2/h1,10H,6-9,12H2,2-4H3. The number of nitrogens with two attached hydrogens (primary N) is 1. The molecule has 0 saturated carbocycles. The lowest BCUT2D eigenvalue weighted by Crippen LogP contribution is -2.36. The highest BCUT2D eigenvalue weighted by molar-refractivity contribution is 4.86. The van der Waals surface area contributed by atoms with E-state index < -0.39 is 0 Å². The van der Waals surface area contributed by atoms with Crippen LogP contribution in [0.4, 0.5) is 0 Å². The molecule has 0 aliphatic carbocycles. The third-order valence-electron chi connectivity index (χ3n) is 2.75. The van der Waals surface area contributed by atoms with Gasteiger partial charge in [-0.05, 0) is 24.7 Å². The molecule has 0 amide bonds. The average Bonchev–Trinajstić information content (AvgIpc) is 2.05. The topological polar surface area (TPSA) is 26.0 Å². The number of rotatable bonds is 5. The van der Waals surface area contributed by atoms with Gasteiger partial charge in [-0.2, -0.15) is 0 Å². The van der Waals surface area contributed by atoms with Gasteiger partial charge in [0, 0.05) is 12.5 Å². The van der Waals surface area contributed by atoms with Gasteiger partial charge in [0.05, 0.1) is 0 Å². The van der Waals surface area contributed by atoms with Crippen LogP contribution < -0.4 is 5.73 Å². The molecule has 0 radical (unpaired) electrons. The number of terminal acetylenes is 1. The van der Waals surface area contributed by atoms with Crippen LogP contribution in [-0.4, -0.2) is 6.04 Å². The third-order valence-corrected chi connectivity index (χ3v) is 2.75. The Morgan fingerprint density at radius 3 is 2.50 bits per heavy atom. The summed E-state index contributed by atoms with van der Waals surface area (Å²) in [6.45, 7) is 6.61. The van der Waals surface area contributed by atoms with E-state index in [9.17, 15) is 0 Å². The number of hydrogen-bond acceptors (Lipinski definition) is 1. The minimum atomic E-state index is 0.259. The van der Waals surface area contributed by atoms with Crippen molar-refractivity contribution in [2.45, 2.75) is 52.5 Å². The van der Waals surface area contributed by atoms with Crippen LogP contribution in [0, 0.1) is 17.8 Å². The van der Waals surface area contributed by atoms with E-state index in [1.807, 2.05) is 0 Å². The zero-order valence-electron chi connectivity index (χ0n) is 8.56. The molecule has 12 heavy (non-hydrogen) atoms. The smallest absolute Gasteiger partial charge is 0.00905 e. The van der Waals surface area contributed by atoms with Crippen molar-refractivity contribution < 1.29 is 0 Å². The molecule has 1 unspecified atom stereocenters. The molecule has 0 aliphatic heterocycles. The van der Waals surface area contributed by atoms with Gasteiger partial charge in [-0.1, -0.05) is 20.8 Å². The second kappa shape index (κ2) is 5.22. The first-order valence-electron chi connectivity index (χ1n) is 4.73. The van der Waals surface area contributed by atoms with Crippen molar-refractivity contribution in [3.05, 3.63) is 0 Å². The molecule has 0 saturated heterocycles. The summed E-state index contributed by atoms with van der Waals surface area (Å²) in [5.41, 5.74) is 6.29. The fraction of sp³-hybridized carbons (Fsp3) is 0.818. The quantitative estimate of drug-likeness (QED) is 0.494. The molecule has 0 rings (SSSR count). The molecule has 1 heteroatoms. The van der Waals surface area contributed by atoms with Crippen LogP contribution in [0.25, 0.3) is 0 Å². The lowest BCUT2D eigenvalue weighted by molar-refractivity contribution is 0.260. The molecule has 2 N–H and O–H groups in total. The van der Waals surface area contributed by atoms with Gasteiger partial charge in [-0.15, -0.1) is 12.3 Å². The van der Waals surface area contributed by atoms with Crippen LogP contribution in [0.5, 0.6) is 0 Å². The zero-order valence-corrected chi connectivity index (χ0v) is 8.56. The monoisotopic (exact) mass is 167 g/mol. The summed E-state index contributed by atoms with van der Waals surface area (Å²) in [5.74, 6) is 2.64. The zero-order chi connectivity index (χ0) is 9.61. The average molecular weight is 167 g/mol. The van der Waals surface area contributed by atoms with Crippen LogP contribution in [0.3, 0.4) is 0 Å². The molecular formula is C11H21N. The molecule has 0 bridgehead atoms. The third kappa shape index (κ3) is 3.78. The second-order valence-corrected chi connectivity index (χ2v) is 4.04. The normalized spacial score (nSPS) is 13.9. The summed E-state index contributed by atoms with van der Waals surface area (Å²) in [6, 6.07) is 0.288. The van der Waals surface area contributed by atoms with E-state index in [4.69, 9.17) is 12.2 Å². The van der Waals surface area contributed by atoms with Crippen molar-refractivity contribution in [3.63, 3.8) is 0 Å². The van der Waals surface area contributed by atoms with Crippen molar-refractivity contribution in [3.8, 4) is 12.3 Å². The molecule has 0 heterocycles. The minimum absolute atomic E-state index is 0.259. The largest absolute Gasteiger partial charge is 0.327 e. The van der Waals surface area contributed by atoms with Gasteiger partial charge in [0.2, 0.25) is 0 Å². The summed E-state index contributed by atoms with van der Waals surface area (Å²) in [7, 11) is 0. The van der Waals surface area contributed by atoms with Crippen LogP contribution in [0.2, 0.25) is 0 Å². The van der Waals surface area contributed by atoms with Crippen molar-refractivity contribution in [2.24, 2.45) is 11.1 Å². The molecule has 0 aromatic carbocycles. The van der Waals surface area contributed by atoms with Gasteiger partial charge in [0.1, 0.15) is 0 Å². The van der Waals surface area contributed by atoms with Crippen molar-refractivity contribution in [1.29, 1.82) is 0 Å². The van der Waals surface area contributed by atoms with E-state index in [1.165, 1.54) is 0 Å². The van der Waals surface area contributed by atoms with Crippen LogP contribution >= 0.6 is 0 Å². The van der Waals surface area contributed by atoms with Crippen molar-refractivity contribution in [1.82, 2.24) is 0 Å². The molecule has 0 aromatic rings. The molecule has 1 atom stereocenters. The maximum atomic E-state index is 6.03. The van der Waals surface area contributed by atoms with Gasteiger partial charge in [0.25, 0.3) is 0 Å².